The molecule has 0 bridgehead atoms. The predicted octanol–water partition coefficient (Wildman–Crippen LogP) is 2.75. The molecule has 5 nitrogen and oxygen atoms in total. The number of carbonyl (C=O) groups is 1. The molecule has 0 saturated heterocycles. The number of nitrogen functional groups attached to an aromatic ring is 1. The van der Waals surface area contributed by atoms with Crippen molar-refractivity contribution in [2.24, 2.45) is 0 Å². The van der Waals surface area contributed by atoms with Gasteiger partial charge in [0, 0.05) is 37.1 Å². The summed E-state index contributed by atoms with van der Waals surface area (Å²) in [6.45, 7) is 8.40. The molecule has 0 atom stereocenters. The third-order valence-corrected chi connectivity index (χ3v) is 3.86. The van der Waals surface area contributed by atoms with E-state index in [-0.39, 0.29) is 5.91 Å². The molecular formula is C18H24N4O. The Morgan fingerprint density at radius 2 is 1.96 bits per heavy atom. The maximum absolute atomic E-state index is 12.3. The van der Waals surface area contributed by atoms with Gasteiger partial charge in [-0.3, -0.25) is 4.79 Å². The smallest absolute Gasteiger partial charge is 0.251 e. The van der Waals surface area contributed by atoms with Crippen molar-refractivity contribution in [2.45, 2.75) is 27.3 Å². The van der Waals surface area contributed by atoms with E-state index in [4.69, 9.17) is 5.73 Å². The number of aromatic nitrogens is 1. The van der Waals surface area contributed by atoms with Crippen molar-refractivity contribution in [3.8, 4) is 0 Å². The van der Waals surface area contributed by atoms with Crippen molar-refractivity contribution in [2.75, 3.05) is 23.7 Å². The second kappa shape index (κ2) is 7.63. The summed E-state index contributed by atoms with van der Waals surface area (Å²) in [7, 11) is 0. The lowest BCUT2D eigenvalue weighted by molar-refractivity contribution is 0.0950. The zero-order valence-corrected chi connectivity index (χ0v) is 14.0. The second-order valence-corrected chi connectivity index (χ2v) is 5.45. The molecule has 0 saturated carbocycles. The van der Waals surface area contributed by atoms with Gasteiger partial charge in [-0.15, -0.1) is 0 Å². The Bertz CT molecular complexity index is 663. The number of benzene rings is 1. The van der Waals surface area contributed by atoms with E-state index in [1.807, 2.05) is 25.1 Å². The van der Waals surface area contributed by atoms with Gasteiger partial charge in [-0.2, -0.15) is 0 Å². The molecule has 122 valence electrons. The molecule has 0 aliphatic rings. The maximum atomic E-state index is 12.3. The van der Waals surface area contributed by atoms with Crippen LogP contribution in [0.5, 0.6) is 0 Å². The lowest BCUT2D eigenvalue weighted by atomic mass is 10.1. The third-order valence-electron chi connectivity index (χ3n) is 3.86. The number of anilines is 2. The van der Waals surface area contributed by atoms with Crippen LogP contribution in [-0.4, -0.2) is 24.0 Å². The fourth-order valence-corrected chi connectivity index (χ4v) is 2.42. The van der Waals surface area contributed by atoms with Gasteiger partial charge in [0.25, 0.3) is 5.91 Å². The van der Waals surface area contributed by atoms with Gasteiger partial charge in [0.15, 0.2) is 0 Å². The van der Waals surface area contributed by atoms with Gasteiger partial charge in [0.05, 0.1) is 0 Å². The minimum absolute atomic E-state index is 0.123. The lowest BCUT2D eigenvalue weighted by Crippen LogP contribution is -2.25. The number of aryl methyl sites for hydroxylation is 1. The molecule has 1 amide bonds. The summed E-state index contributed by atoms with van der Waals surface area (Å²) in [4.78, 5) is 18.9. The highest BCUT2D eigenvalue weighted by atomic mass is 16.1. The SMILES string of the molecule is CCN(CC)c1ccc(CNC(=O)c2cc(N)ccc2C)cn1. The Hall–Kier alpha value is -2.56. The van der Waals surface area contributed by atoms with Gasteiger partial charge in [-0.1, -0.05) is 12.1 Å². The summed E-state index contributed by atoms with van der Waals surface area (Å²) in [5, 5.41) is 2.91. The quantitative estimate of drug-likeness (QED) is 0.805. The maximum Gasteiger partial charge on any atom is 0.251 e. The van der Waals surface area contributed by atoms with E-state index in [1.165, 1.54) is 0 Å². The van der Waals surface area contributed by atoms with Crippen molar-refractivity contribution < 1.29 is 4.79 Å². The van der Waals surface area contributed by atoms with Crippen LogP contribution in [-0.2, 0) is 6.54 Å². The number of nitrogens with two attached hydrogens (primary N) is 1. The van der Waals surface area contributed by atoms with Crippen LogP contribution < -0.4 is 16.0 Å². The van der Waals surface area contributed by atoms with Gasteiger partial charge >= 0.3 is 0 Å². The number of rotatable bonds is 6. The van der Waals surface area contributed by atoms with Crippen LogP contribution in [0.1, 0.15) is 35.3 Å². The highest BCUT2D eigenvalue weighted by Gasteiger charge is 2.09. The van der Waals surface area contributed by atoms with Crippen LogP contribution in [0.25, 0.3) is 0 Å². The average molecular weight is 312 g/mol. The molecule has 0 fully saturated rings. The van der Waals surface area contributed by atoms with Gasteiger partial charge < -0.3 is 16.0 Å². The zero-order chi connectivity index (χ0) is 16.8. The van der Waals surface area contributed by atoms with E-state index in [0.29, 0.717) is 17.8 Å². The monoisotopic (exact) mass is 312 g/mol. The zero-order valence-electron chi connectivity index (χ0n) is 14.0. The Kier molecular flexibility index (Phi) is 5.57. The van der Waals surface area contributed by atoms with Gasteiger partial charge in [-0.05, 0) is 50.1 Å². The molecule has 0 radical (unpaired) electrons. The summed E-state index contributed by atoms with van der Waals surface area (Å²) in [5.74, 6) is 0.833. The van der Waals surface area contributed by atoms with Crippen molar-refractivity contribution in [3.63, 3.8) is 0 Å². The van der Waals surface area contributed by atoms with E-state index in [1.54, 1.807) is 18.3 Å². The first-order chi connectivity index (χ1) is 11.0. The summed E-state index contributed by atoms with van der Waals surface area (Å²) in [6.07, 6.45) is 1.81. The van der Waals surface area contributed by atoms with Crippen LogP contribution in [0.3, 0.4) is 0 Å². The van der Waals surface area contributed by atoms with E-state index >= 15 is 0 Å². The summed E-state index contributed by atoms with van der Waals surface area (Å²) in [6, 6.07) is 9.33. The molecule has 1 aromatic carbocycles. The van der Waals surface area contributed by atoms with Crippen molar-refractivity contribution >= 4 is 17.4 Å². The van der Waals surface area contributed by atoms with Crippen LogP contribution in [0, 0.1) is 6.92 Å². The Balaban J connectivity index is 2.00. The van der Waals surface area contributed by atoms with E-state index in [2.05, 4.69) is 29.0 Å². The fraction of sp³-hybridized carbons (Fsp3) is 0.333. The molecule has 0 unspecified atom stereocenters. The number of hydrogen-bond acceptors (Lipinski definition) is 4. The summed E-state index contributed by atoms with van der Waals surface area (Å²) in [5.41, 5.74) is 8.82. The molecular weight excluding hydrogens is 288 g/mol. The number of nitrogens with one attached hydrogen (secondary N) is 1. The highest BCUT2D eigenvalue weighted by molar-refractivity contribution is 5.96. The normalized spacial score (nSPS) is 10.4. The standard InChI is InChI=1S/C18H24N4O/c1-4-22(5-2)17-9-7-14(11-20-17)12-21-18(23)16-10-15(19)8-6-13(16)3/h6-11H,4-5,12,19H2,1-3H3,(H,21,23). The Morgan fingerprint density at radius 1 is 1.22 bits per heavy atom. The molecule has 0 aliphatic heterocycles. The third kappa shape index (κ3) is 4.22. The lowest BCUT2D eigenvalue weighted by Gasteiger charge is -2.19. The first-order valence-corrected chi connectivity index (χ1v) is 7.89. The molecule has 1 aromatic heterocycles. The van der Waals surface area contributed by atoms with Crippen LogP contribution in [0.15, 0.2) is 36.5 Å². The van der Waals surface area contributed by atoms with E-state index in [9.17, 15) is 4.79 Å². The van der Waals surface area contributed by atoms with Crippen molar-refractivity contribution in [1.82, 2.24) is 10.3 Å². The Morgan fingerprint density at radius 3 is 2.57 bits per heavy atom. The first-order valence-electron chi connectivity index (χ1n) is 7.89. The first kappa shape index (κ1) is 16.8. The molecule has 3 N–H and O–H groups in total. The molecule has 5 heteroatoms. The predicted molar refractivity (Wildman–Crippen MR) is 94.6 cm³/mol. The van der Waals surface area contributed by atoms with Gasteiger partial charge in [-0.25, -0.2) is 4.98 Å². The van der Waals surface area contributed by atoms with Crippen LogP contribution >= 0.6 is 0 Å². The van der Waals surface area contributed by atoms with Crippen molar-refractivity contribution in [1.29, 1.82) is 0 Å². The molecule has 2 rings (SSSR count). The van der Waals surface area contributed by atoms with Gasteiger partial charge in [0.2, 0.25) is 0 Å². The largest absolute Gasteiger partial charge is 0.399 e. The molecule has 1 heterocycles. The molecule has 2 aromatic rings. The fourth-order valence-electron chi connectivity index (χ4n) is 2.42. The van der Waals surface area contributed by atoms with Crippen molar-refractivity contribution in [3.05, 3.63) is 53.2 Å². The van der Waals surface area contributed by atoms with Crippen LogP contribution in [0.4, 0.5) is 11.5 Å². The number of nitrogens with zero attached hydrogens (tertiary/aromatic N) is 2. The number of carbonyl (C=O) groups excluding carboxylic acids is 1. The molecule has 0 spiro atoms. The molecule has 0 aliphatic carbocycles. The molecule has 23 heavy (non-hydrogen) atoms. The van der Waals surface area contributed by atoms with E-state index < -0.39 is 0 Å². The minimum Gasteiger partial charge on any atom is -0.399 e. The minimum atomic E-state index is -0.123. The average Bonchev–Trinajstić information content (AvgIpc) is 2.57. The Labute approximate surface area is 137 Å². The summed E-state index contributed by atoms with van der Waals surface area (Å²) >= 11 is 0. The number of pyridine rings is 1. The second-order valence-electron chi connectivity index (χ2n) is 5.45. The van der Waals surface area contributed by atoms with Crippen LogP contribution in [0.2, 0.25) is 0 Å². The number of hydrogen-bond donors (Lipinski definition) is 2. The number of amides is 1. The topological polar surface area (TPSA) is 71.2 Å². The highest BCUT2D eigenvalue weighted by Crippen LogP contribution is 2.13. The summed E-state index contributed by atoms with van der Waals surface area (Å²) < 4.78 is 0. The van der Waals surface area contributed by atoms with Gasteiger partial charge in [0.1, 0.15) is 5.82 Å². The van der Waals surface area contributed by atoms with E-state index in [0.717, 1.165) is 30.0 Å².